The van der Waals surface area contributed by atoms with Crippen LogP contribution in [0.1, 0.15) is 25.7 Å². The lowest BCUT2D eigenvalue weighted by Gasteiger charge is -2.39. The Hall–Kier alpha value is -1.62. The van der Waals surface area contributed by atoms with Crippen LogP contribution in [0.2, 0.25) is 0 Å². The van der Waals surface area contributed by atoms with Gasteiger partial charge in [0.25, 0.3) is 0 Å². The van der Waals surface area contributed by atoms with Crippen molar-refractivity contribution < 1.29 is 13.9 Å². The first-order chi connectivity index (χ1) is 10.2. The van der Waals surface area contributed by atoms with Crippen molar-refractivity contribution in [1.82, 2.24) is 4.90 Å². The number of carbonyl (C=O) groups is 1. The molecule has 1 N–H and O–H groups in total. The summed E-state index contributed by atoms with van der Waals surface area (Å²) in [6.07, 6.45) is 3.85. The molecule has 2 fully saturated rings. The lowest BCUT2D eigenvalue weighted by Crippen LogP contribution is -2.57. The number of rotatable bonds is 3. The van der Waals surface area contributed by atoms with Crippen LogP contribution in [0.3, 0.4) is 0 Å². The van der Waals surface area contributed by atoms with Crippen molar-refractivity contribution in [1.29, 1.82) is 0 Å². The number of esters is 1. The third kappa shape index (κ3) is 2.39. The van der Waals surface area contributed by atoms with E-state index >= 15 is 0 Å². The predicted octanol–water partition coefficient (Wildman–Crippen LogP) is 2.41. The fourth-order valence-corrected chi connectivity index (χ4v) is 3.72. The van der Waals surface area contributed by atoms with E-state index in [9.17, 15) is 9.18 Å². The summed E-state index contributed by atoms with van der Waals surface area (Å²) in [7, 11) is 1.40. The molecule has 2 heterocycles. The standard InChI is InChI=1S/C16H21FN2O2/c1-21-15(20)16(18-13-7-3-2-6-12(13)17)9-11-19-10-5-4-8-14(16)19/h2-3,6-7,14,18H,4-5,8-11H2,1H3. The average molecular weight is 292 g/mol. The van der Waals surface area contributed by atoms with Crippen molar-refractivity contribution in [2.75, 3.05) is 25.5 Å². The topological polar surface area (TPSA) is 41.6 Å². The maximum Gasteiger partial charge on any atom is 0.333 e. The van der Waals surface area contributed by atoms with Gasteiger partial charge in [0.15, 0.2) is 5.54 Å². The second kappa shape index (κ2) is 5.64. The molecule has 2 saturated heterocycles. The molecule has 4 nitrogen and oxygen atoms in total. The van der Waals surface area contributed by atoms with Gasteiger partial charge in [-0.3, -0.25) is 4.90 Å². The van der Waals surface area contributed by atoms with Crippen molar-refractivity contribution in [2.24, 2.45) is 0 Å². The van der Waals surface area contributed by atoms with Crippen LogP contribution in [-0.2, 0) is 9.53 Å². The van der Waals surface area contributed by atoms with Crippen LogP contribution >= 0.6 is 0 Å². The molecule has 21 heavy (non-hydrogen) atoms. The van der Waals surface area contributed by atoms with Gasteiger partial charge in [0.2, 0.25) is 0 Å². The van der Waals surface area contributed by atoms with Gasteiger partial charge in [-0.05, 0) is 37.9 Å². The van der Waals surface area contributed by atoms with Gasteiger partial charge in [-0.1, -0.05) is 18.6 Å². The molecular formula is C16H21FN2O2. The van der Waals surface area contributed by atoms with Crippen LogP contribution < -0.4 is 5.32 Å². The largest absolute Gasteiger partial charge is 0.467 e. The Morgan fingerprint density at radius 3 is 2.95 bits per heavy atom. The molecule has 3 rings (SSSR count). The first-order valence-electron chi connectivity index (χ1n) is 7.52. The van der Waals surface area contributed by atoms with Crippen LogP contribution in [0.25, 0.3) is 0 Å². The highest BCUT2D eigenvalue weighted by atomic mass is 19.1. The lowest BCUT2D eigenvalue weighted by atomic mass is 9.85. The van der Waals surface area contributed by atoms with E-state index in [1.54, 1.807) is 18.2 Å². The van der Waals surface area contributed by atoms with E-state index in [2.05, 4.69) is 10.2 Å². The molecule has 2 aliphatic rings. The van der Waals surface area contributed by atoms with Crippen LogP contribution in [-0.4, -0.2) is 42.6 Å². The third-order valence-corrected chi connectivity index (χ3v) is 4.76. The first-order valence-corrected chi connectivity index (χ1v) is 7.52. The van der Waals surface area contributed by atoms with E-state index in [0.717, 1.165) is 32.4 Å². The minimum Gasteiger partial charge on any atom is -0.467 e. The first kappa shape index (κ1) is 14.3. The van der Waals surface area contributed by atoms with Crippen molar-refractivity contribution in [3.05, 3.63) is 30.1 Å². The minimum atomic E-state index is -0.836. The summed E-state index contributed by atoms with van der Waals surface area (Å²) in [5, 5.41) is 3.18. The number of carbonyl (C=O) groups excluding carboxylic acids is 1. The molecular weight excluding hydrogens is 271 g/mol. The number of hydrogen-bond donors (Lipinski definition) is 1. The Kier molecular flexibility index (Phi) is 3.85. The summed E-state index contributed by atoms with van der Waals surface area (Å²) >= 11 is 0. The van der Waals surface area contributed by atoms with Crippen LogP contribution in [0.15, 0.2) is 24.3 Å². The van der Waals surface area contributed by atoms with E-state index < -0.39 is 5.54 Å². The number of ether oxygens (including phenoxy) is 1. The van der Waals surface area contributed by atoms with Crippen molar-refractivity contribution in [3.8, 4) is 0 Å². The fraction of sp³-hybridized carbons (Fsp3) is 0.562. The Balaban J connectivity index is 1.94. The predicted molar refractivity (Wildman–Crippen MR) is 78.6 cm³/mol. The minimum absolute atomic E-state index is 0.0818. The Bertz CT molecular complexity index is 537. The molecule has 1 aromatic carbocycles. The van der Waals surface area contributed by atoms with E-state index in [0.29, 0.717) is 12.1 Å². The molecule has 1 aromatic rings. The van der Waals surface area contributed by atoms with Gasteiger partial charge in [0, 0.05) is 12.6 Å². The molecule has 0 saturated carbocycles. The van der Waals surface area contributed by atoms with E-state index in [-0.39, 0.29) is 17.8 Å². The van der Waals surface area contributed by atoms with Gasteiger partial charge in [0.1, 0.15) is 5.82 Å². The summed E-state index contributed by atoms with van der Waals surface area (Å²) in [6, 6.07) is 6.57. The lowest BCUT2D eigenvalue weighted by molar-refractivity contribution is -0.147. The molecule has 2 unspecified atom stereocenters. The van der Waals surface area contributed by atoms with Gasteiger partial charge in [0.05, 0.1) is 12.8 Å². The van der Waals surface area contributed by atoms with Crippen LogP contribution in [0, 0.1) is 5.82 Å². The summed E-state index contributed by atoms with van der Waals surface area (Å²) in [6.45, 7) is 1.85. The number of benzene rings is 1. The van der Waals surface area contributed by atoms with Gasteiger partial charge in [-0.2, -0.15) is 0 Å². The summed E-state index contributed by atoms with van der Waals surface area (Å²) in [5.74, 6) is -0.629. The molecule has 114 valence electrons. The maximum absolute atomic E-state index is 14.0. The maximum atomic E-state index is 14.0. The van der Waals surface area contributed by atoms with Gasteiger partial charge >= 0.3 is 5.97 Å². The molecule has 0 bridgehead atoms. The zero-order valence-corrected chi connectivity index (χ0v) is 12.3. The van der Waals surface area contributed by atoms with Gasteiger partial charge in [-0.15, -0.1) is 0 Å². The number of methoxy groups -OCH3 is 1. The Labute approximate surface area is 124 Å². The number of piperidine rings is 1. The van der Waals surface area contributed by atoms with Crippen molar-refractivity contribution >= 4 is 11.7 Å². The van der Waals surface area contributed by atoms with Crippen LogP contribution in [0.5, 0.6) is 0 Å². The molecule has 0 radical (unpaired) electrons. The monoisotopic (exact) mass is 292 g/mol. The fourth-order valence-electron chi connectivity index (χ4n) is 3.72. The van der Waals surface area contributed by atoms with E-state index in [1.165, 1.54) is 13.2 Å². The highest BCUT2D eigenvalue weighted by Crippen LogP contribution is 2.38. The molecule has 2 aliphatic heterocycles. The Morgan fingerprint density at radius 1 is 1.38 bits per heavy atom. The number of para-hydroxylation sites is 1. The van der Waals surface area contributed by atoms with Crippen LogP contribution in [0.4, 0.5) is 10.1 Å². The SMILES string of the molecule is COC(=O)C1(Nc2ccccc2F)CCN2CCCCC21. The molecule has 0 aliphatic carbocycles. The van der Waals surface area contributed by atoms with Gasteiger partial charge in [-0.25, -0.2) is 9.18 Å². The number of anilines is 1. The van der Waals surface area contributed by atoms with E-state index in [1.807, 2.05) is 0 Å². The molecule has 5 heteroatoms. The Morgan fingerprint density at radius 2 is 2.19 bits per heavy atom. The third-order valence-electron chi connectivity index (χ3n) is 4.76. The number of fused-ring (bicyclic) bond motifs is 1. The number of hydrogen-bond acceptors (Lipinski definition) is 4. The number of halogens is 1. The summed E-state index contributed by atoms with van der Waals surface area (Å²) < 4.78 is 19.0. The zero-order chi connectivity index (χ0) is 14.9. The zero-order valence-electron chi connectivity index (χ0n) is 12.3. The molecule has 0 spiro atoms. The number of nitrogens with one attached hydrogen (secondary N) is 1. The van der Waals surface area contributed by atoms with Crippen molar-refractivity contribution in [2.45, 2.75) is 37.3 Å². The quantitative estimate of drug-likeness (QED) is 0.869. The molecule has 2 atom stereocenters. The smallest absolute Gasteiger partial charge is 0.333 e. The molecule has 0 amide bonds. The highest BCUT2D eigenvalue weighted by Gasteiger charge is 2.54. The van der Waals surface area contributed by atoms with Crippen molar-refractivity contribution in [3.63, 3.8) is 0 Å². The highest BCUT2D eigenvalue weighted by molar-refractivity contribution is 5.86. The second-order valence-electron chi connectivity index (χ2n) is 5.87. The van der Waals surface area contributed by atoms with E-state index in [4.69, 9.17) is 4.74 Å². The summed E-state index contributed by atoms with van der Waals surface area (Å²) in [5.41, 5.74) is -0.465. The van der Waals surface area contributed by atoms with Gasteiger partial charge < -0.3 is 10.1 Å². The molecule has 0 aromatic heterocycles. The number of nitrogens with zero attached hydrogens (tertiary/aromatic N) is 1. The normalized spacial score (nSPS) is 29.0. The summed E-state index contributed by atoms with van der Waals surface area (Å²) in [4.78, 5) is 14.8. The second-order valence-corrected chi connectivity index (χ2v) is 5.87. The average Bonchev–Trinajstić information content (AvgIpc) is 2.89.